The second-order valence-corrected chi connectivity index (χ2v) is 12.8. The largest absolute Gasteiger partial charge is 0.468 e. The van der Waals surface area contributed by atoms with Crippen LogP contribution in [0, 0.1) is 22.7 Å². The number of carbonyl (C=O) groups is 1. The minimum Gasteiger partial charge on any atom is -0.468 e. The molecule has 0 saturated heterocycles. The zero-order valence-corrected chi connectivity index (χ0v) is 23.1. The molecule has 0 bridgehead atoms. The van der Waals surface area contributed by atoms with Crippen molar-refractivity contribution in [3.05, 3.63) is 42.2 Å². The van der Waals surface area contributed by atoms with Gasteiger partial charge in [-0.25, -0.2) is 4.98 Å². The summed E-state index contributed by atoms with van der Waals surface area (Å²) in [7, 11) is 1.44. The first-order valence-corrected chi connectivity index (χ1v) is 14.7. The van der Waals surface area contributed by atoms with E-state index in [0.29, 0.717) is 18.4 Å². The van der Waals surface area contributed by atoms with Crippen LogP contribution in [0.15, 0.2) is 34.9 Å². The molecule has 1 aromatic rings. The SMILES string of the molecule is C=C[C@@]1(C)CC[C@H]2C(=CC[C@@H]3[C@]2(C)CCC[C@@]3(C)c2ncc(CNC(CCSC)C(=O)OC)o2)C1. The fraction of sp³-hybridized carbons (Fsp3) is 0.724. The van der Waals surface area contributed by atoms with E-state index in [1.807, 2.05) is 12.5 Å². The van der Waals surface area contributed by atoms with Gasteiger partial charge in [0.15, 0.2) is 0 Å². The van der Waals surface area contributed by atoms with E-state index in [1.165, 1.54) is 32.8 Å². The Labute approximate surface area is 215 Å². The number of esters is 1. The number of nitrogens with zero attached hydrogens (tertiary/aromatic N) is 1. The van der Waals surface area contributed by atoms with Crippen molar-refractivity contribution in [1.29, 1.82) is 0 Å². The molecule has 0 aliphatic heterocycles. The average Bonchev–Trinajstić information content (AvgIpc) is 3.33. The summed E-state index contributed by atoms with van der Waals surface area (Å²) in [6.45, 7) is 11.9. The molecule has 0 amide bonds. The molecule has 1 unspecified atom stereocenters. The predicted molar refractivity (Wildman–Crippen MR) is 143 cm³/mol. The highest BCUT2D eigenvalue weighted by Gasteiger charge is 2.57. The minimum absolute atomic E-state index is 0.0763. The van der Waals surface area contributed by atoms with Crippen molar-refractivity contribution >= 4 is 17.7 Å². The number of hydrogen-bond donors (Lipinski definition) is 1. The Morgan fingerprint density at radius 3 is 2.89 bits per heavy atom. The molecule has 194 valence electrons. The van der Waals surface area contributed by atoms with Crippen molar-refractivity contribution in [3.63, 3.8) is 0 Å². The molecule has 0 spiro atoms. The molecule has 6 atom stereocenters. The van der Waals surface area contributed by atoms with Crippen LogP contribution in [-0.2, 0) is 21.5 Å². The first kappa shape index (κ1) is 26.5. The van der Waals surface area contributed by atoms with Crippen molar-refractivity contribution in [3.8, 4) is 0 Å². The van der Waals surface area contributed by atoms with E-state index in [0.717, 1.165) is 43.1 Å². The van der Waals surface area contributed by atoms with Crippen molar-refractivity contribution in [2.75, 3.05) is 19.1 Å². The lowest BCUT2D eigenvalue weighted by molar-refractivity contribution is -0.143. The van der Waals surface area contributed by atoms with E-state index < -0.39 is 0 Å². The lowest BCUT2D eigenvalue weighted by Gasteiger charge is -2.59. The number of methoxy groups -OCH3 is 1. The summed E-state index contributed by atoms with van der Waals surface area (Å²) in [5, 5.41) is 3.33. The van der Waals surface area contributed by atoms with Crippen LogP contribution in [0.2, 0.25) is 0 Å². The normalized spacial score (nSPS) is 35.4. The fourth-order valence-corrected chi connectivity index (χ4v) is 7.89. The molecule has 5 nitrogen and oxygen atoms in total. The van der Waals surface area contributed by atoms with Crippen molar-refractivity contribution in [2.45, 2.75) is 90.1 Å². The predicted octanol–water partition coefficient (Wildman–Crippen LogP) is 6.45. The second-order valence-electron chi connectivity index (χ2n) is 11.8. The van der Waals surface area contributed by atoms with Crippen LogP contribution in [-0.4, -0.2) is 36.1 Å². The van der Waals surface area contributed by atoms with Crippen molar-refractivity contribution in [2.24, 2.45) is 22.7 Å². The quantitative estimate of drug-likeness (QED) is 0.311. The van der Waals surface area contributed by atoms with Crippen LogP contribution in [0.1, 0.15) is 83.8 Å². The molecule has 6 heteroatoms. The lowest BCUT2D eigenvalue weighted by Crippen LogP contribution is -2.53. The van der Waals surface area contributed by atoms with Gasteiger partial charge in [-0.2, -0.15) is 11.8 Å². The zero-order valence-electron chi connectivity index (χ0n) is 22.3. The summed E-state index contributed by atoms with van der Waals surface area (Å²) >= 11 is 1.73. The van der Waals surface area contributed by atoms with E-state index >= 15 is 0 Å². The van der Waals surface area contributed by atoms with Crippen LogP contribution in [0.4, 0.5) is 0 Å². The molecule has 2 fully saturated rings. The highest BCUT2D eigenvalue weighted by Crippen LogP contribution is 2.64. The Balaban J connectivity index is 1.52. The Bertz CT molecular complexity index is 957. The summed E-state index contributed by atoms with van der Waals surface area (Å²) in [5.74, 6) is 3.51. The highest BCUT2D eigenvalue weighted by atomic mass is 32.2. The van der Waals surface area contributed by atoms with Crippen molar-refractivity contribution in [1.82, 2.24) is 10.3 Å². The maximum atomic E-state index is 12.2. The molecule has 0 radical (unpaired) electrons. The van der Waals surface area contributed by atoms with Gasteiger partial charge in [-0.1, -0.05) is 44.9 Å². The fourth-order valence-electron chi connectivity index (χ4n) is 7.42. The van der Waals surface area contributed by atoms with E-state index in [2.05, 4.69) is 44.8 Å². The van der Waals surface area contributed by atoms with Gasteiger partial charge in [-0.3, -0.25) is 10.1 Å². The van der Waals surface area contributed by atoms with E-state index in [-0.39, 0.29) is 28.3 Å². The number of thioether (sulfide) groups is 1. The molecule has 0 aromatic carbocycles. The first-order valence-electron chi connectivity index (χ1n) is 13.3. The maximum absolute atomic E-state index is 12.2. The molecule has 35 heavy (non-hydrogen) atoms. The van der Waals surface area contributed by atoms with Crippen LogP contribution >= 0.6 is 11.8 Å². The molecule has 4 rings (SSSR count). The number of nitrogens with one attached hydrogen (secondary N) is 1. The average molecular weight is 501 g/mol. The van der Waals surface area contributed by atoms with Gasteiger partial charge in [0.25, 0.3) is 0 Å². The number of rotatable bonds is 9. The van der Waals surface area contributed by atoms with Gasteiger partial charge in [0.05, 0.1) is 19.9 Å². The topological polar surface area (TPSA) is 64.4 Å². The molecule has 1 aromatic heterocycles. The van der Waals surface area contributed by atoms with Gasteiger partial charge in [-0.05, 0) is 79.6 Å². The third-order valence-corrected chi connectivity index (χ3v) is 10.2. The Kier molecular flexibility index (Phi) is 7.92. The summed E-state index contributed by atoms with van der Waals surface area (Å²) in [4.78, 5) is 17.0. The number of fused-ring (bicyclic) bond motifs is 3. The van der Waals surface area contributed by atoms with Gasteiger partial charge < -0.3 is 9.15 Å². The highest BCUT2D eigenvalue weighted by molar-refractivity contribution is 7.98. The van der Waals surface area contributed by atoms with Crippen LogP contribution in [0.5, 0.6) is 0 Å². The van der Waals surface area contributed by atoms with Gasteiger partial charge >= 0.3 is 5.97 Å². The number of ether oxygens (including phenoxy) is 1. The van der Waals surface area contributed by atoms with Gasteiger partial charge in [0.2, 0.25) is 5.89 Å². The number of carbonyl (C=O) groups excluding carboxylic acids is 1. The number of hydrogen-bond acceptors (Lipinski definition) is 6. The molecule has 3 aliphatic carbocycles. The zero-order chi connectivity index (χ0) is 25.3. The summed E-state index contributed by atoms with van der Waals surface area (Å²) in [6, 6.07) is -0.330. The smallest absolute Gasteiger partial charge is 0.322 e. The van der Waals surface area contributed by atoms with E-state index in [1.54, 1.807) is 17.3 Å². The monoisotopic (exact) mass is 500 g/mol. The number of aromatic nitrogens is 1. The molecular formula is C29H44N2O3S. The third kappa shape index (κ3) is 5.02. The molecule has 2 saturated carbocycles. The van der Waals surface area contributed by atoms with E-state index in [4.69, 9.17) is 14.1 Å². The molecular weight excluding hydrogens is 456 g/mol. The molecule has 1 heterocycles. The Morgan fingerprint density at radius 1 is 1.37 bits per heavy atom. The number of oxazole rings is 1. The Morgan fingerprint density at radius 2 is 2.17 bits per heavy atom. The maximum Gasteiger partial charge on any atom is 0.322 e. The first-order chi connectivity index (χ1) is 16.7. The van der Waals surface area contributed by atoms with Crippen molar-refractivity contribution < 1.29 is 13.9 Å². The Hall–Kier alpha value is -1.53. The molecule has 3 aliphatic rings. The van der Waals surface area contributed by atoms with Gasteiger partial charge in [-0.15, -0.1) is 6.58 Å². The summed E-state index contributed by atoms with van der Waals surface area (Å²) in [5.41, 5.74) is 2.11. The van der Waals surface area contributed by atoms with E-state index in [9.17, 15) is 4.79 Å². The minimum atomic E-state index is -0.330. The summed E-state index contributed by atoms with van der Waals surface area (Å²) in [6.07, 6.45) is 17.7. The standard InChI is InChI=1S/C29H44N2O3S/c1-7-27(2)15-11-22-20(17-27)9-10-24-28(22,3)13-8-14-29(24,4)26-31-19-21(34-26)18-30-23(12-16-35-6)25(32)33-5/h7,9,19,22-24,30H,1,8,10-18H2,2-6H3/t22-,23?,24+,27-,28+,29+/m0/s1. The summed E-state index contributed by atoms with van der Waals surface area (Å²) < 4.78 is 11.4. The third-order valence-electron chi connectivity index (χ3n) is 9.60. The van der Waals surface area contributed by atoms with Gasteiger partial charge in [0, 0.05) is 5.41 Å². The number of allylic oxidation sites excluding steroid dienone is 3. The van der Waals surface area contributed by atoms with Crippen LogP contribution < -0.4 is 5.32 Å². The van der Waals surface area contributed by atoms with Crippen LogP contribution in [0.25, 0.3) is 0 Å². The van der Waals surface area contributed by atoms with Gasteiger partial charge in [0.1, 0.15) is 11.8 Å². The second kappa shape index (κ2) is 10.5. The molecule has 1 N–H and O–H groups in total. The lowest BCUT2D eigenvalue weighted by atomic mass is 9.45. The van der Waals surface area contributed by atoms with Crippen LogP contribution in [0.3, 0.4) is 0 Å².